The Kier molecular flexibility index (Phi) is 9.34. The molecule has 0 saturated heterocycles. The highest BCUT2D eigenvalue weighted by Crippen LogP contribution is 2.32. The lowest BCUT2D eigenvalue weighted by molar-refractivity contribution is -0.142. The number of nitrogens with one attached hydrogen (secondary N) is 2. The number of carbonyl (C=O) groups is 3. The number of aryl methyl sites for hydroxylation is 1. The van der Waals surface area contributed by atoms with Crippen molar-refractivity contribution >= 4 is 17.9 Å². The fourth-order valence-corrected chi connectivity index (χ4v) is 3.12. The zero-order valence-electron chi connectivity index (χ0n) is 19.9. The van der Waals surface area contributed by atoms with Crippen LogP contribution < -0.4 is 10.6 Å². The first kappa shape index (κ1) is 26.3. The summed E-state index contributed by atoms with van der Waals surface area (Å²) in [5.41, 5.74) is 0.233. The zero-order chi connectivity index (χ0) is 23.9. The minimum Gasteiger partial charge on any atom is -0.507 e. The van der Waals surface area contributed by atoms with E-state index in [0.717, 1.165) is 0 Å². The van der Waals surface area contributed by atoms with Crippen molar-refractivity contribution < 1.29 is 24.2 Å². The van der Waals surface area contributed by atoms with Gasteiger partial charge in [-0.3, -0.25) is 9.59 Å². The number of phenols is 1. The third-order valence-corrected chi connectivity index (χ3v) is 4.41. The van der Waals surface area contributed by atoms with Crippen molar-refractivity contribution in [2.24, 2.45) is 0 Å². The Hall–Kier alpha value is -2.77. The van der Waals surface area contributed by atoms with Crippen LogP contribution in [0.3, 0.4) is 0 Å². The molecule has 2 atom stereocenters. The van der Waals surface area contributed by atoms with E-state index < -0.39 is 35.6 Å². The highest BCUT2D eigenvalue weighted by Gasteiger charge is 2.36. The second-order valence-corrected chi connectivity index (χ2v) is 8.98. The first-order chi connectivity index (χ1) is 14.3. The summed E-state index contributed by atoms with van der Waals surface area (Å²) in [4.78, 5) is 40.0. The molecule has 0 bridgehead atoms. The largest absolute Gasteiger partial charge is 0.507 e. The topological polar surface area (TPSA) is 108 Å². The summed E-state index contributed by atoms with van der Waals surface area (Å²) >= 11 is 0. The zero-order valence-corrected chi connectivity index (χ0v) is 19.9. The van der Waals surface area contributed by atoms with Gasteiger partial charge in [-0.2, -0.15) is 0 Å². The van der Waals surface area contributed by atoms with E-state index in [4.69, 9.17) is 4.74 Å². The second-order valence-electron chi connectivity index (χ2n) is 8.98. The van der Waals surface area contributed by atoms with Gasteiger partial charge < -0.3 is 25.4 Å². The van der Waals surface area contributed by atoms with E-state index in [2.05, 4.69) is 10.6 Å². The summed E-state index contributed by atoms with van der Waals surface area (Å²) in [6.07, 6.45) is -0.130. The minimum absolute atomic E-state index is 0.0342. The lowest BCUT2D eigenvalue weighted by Gasteiger charge is -2.34. The predicted octanol–water partition coefficient (Wildman–Crippen LogP) is 3.42. The lowest BCUT2D eigenvalue weighted by atomic mass is 9.99. The predicted molar refractivity (Wildman–Crippen MR) is 120 cm³/mol. The maximum atomic E-state index is 13.3. The molecule has 2 unspecified atom stereocenters. The molecule has 1 rings (SSSR count). The van der Waals surface area contributed by atoms with E-state index in [1.54, 1.807) is 52.8 Å². The molecular weight excluding hydrogens is 398 g/mol. The van der Waals surface area contributed by atoms with E-state index in [-0.39, 0.29) is 18.3 Å². The SMILES string of the molecule is CCCN(C(=O)C(C)NC(=O)OC(C)(C)C)C(C(=O)NC(C)C)c1cccc(C)c1O. The molecule has 1 aromatic rings. The Morgan fingerprint density at radius 1 is 1.13 bits per heavy atom. The van der Waals surface area contributed by atoms with Gasteiger partial charge in [-0.15, -0.1) is 0 Å². The maximum absolute atomic E-state index is 13.3. The van der Waals surface area contributed by atoms with Crippen LogP contribution in [0.1, 0.15) is 72.1 Å². The number of ether oxygens (including phenoxy) is 1. The Morgan fingerprint density at radius 3 is 2.26 bits per heavy atom. The highest BCUT2D eigenvalue weighted by atomic mass is 16.6. The first-order valence-corrected chi connectivity index (χ1v) is 10.7. The number of hydrogen-bond donors (Lipinski definition) is 3. The average molecular weight is 436 g/mol. The molecule has 0 aromatic heterocycles. The van der Waals surface area contributed by atoms with Gasteiger partial charge in [0.2, 0.25) is 11.8 Å². The molecule has 0 radical (unpaired) electrons. The summed E-state index contributed by atoms with van der Waals surface area (Å²) in [5, 5.41) is 16.0. The van der Waals surface area contributed by atoms with Crippen LogP contribution in [0.4, 0.5) is 4.79 Å². The molecule has 0 saturated carbocycles. The van der Waals surface area contributed by atoms with Gasteiger partial charge in [0.05, 0.1) is 0 Å². The third-order valence-electron chi connectivity index (χ3n) is 4.41. The number of aromatic hydroxyl groups is 1. The van der Waals surface area contributed by atoms with Crippen LogP contribution in [0.2, 0.25) is 0 Å². The van der Waals surface area contributed by atoms with Gasteiger partial charge in [0, 0.05) is 18.2 Å². The minimum atomic E-state index is -1.04. The Bertz CT molecular complexity index is 786. The molecule has 8 nitrogen and oxygen atoms in total. The molecule has 3 amide bonds. The van der Waals surface area contributed by atoms with Gasteiger partial charge in [0.25, 0.3) is 0 Å². The van der Waals surface area contributed by atoms with Gasteiger partial charge in [0.15, 0.2) is 0 Å². The Morgan fingerprint density at radius 2 is 1.74 bits per heavy atom. The second kappa shape index (κ2) is 11.0. The number of alkyl carbamates (subject to hydrolysis) is 1. The van der Waals surface area contributed by atoms with Gasteiger partial charge >= 0.3 is 6.09 Å². The lowest BCUT2D eigenvalue weighted by Crippen LogP contribution is -2.52. The number of hydrogen-bond acceptors (Lipinski definition) is 5. The van der Waals surface area contributed by atoms with Crippen LogP contribution in [0, 0.1) is 6.92 Å². The van der Waals surface area contributed by atoms with E-state index in [1.165, 1.54) is 4.90 Å². The molecule has 0 spiro atoms. The molecule has 0 heterocycles. The van der Waals surface area contributed by atoms with Gasteiger partial charge in [-0.1, -0.05) is 25.1 Å². The molecule has 174 valence electrons. The molecule has 1 aromatic carbocycles. The maximum Gasteiger partial charge on any atom is 0.408 e. The van der Waals surface area contributed by atoms with Crippen molar-refractivity contribution in [1.29, 1.82) is 0 Å². The van der Waals surface area contributed by atoms with Crippen molar-refractivity contribution in [3.05, 3.63) is 29.3 Å². The fourth-order valence-electron chi connectivity index (χ4n) is 3.12. The smallest absolute Gasteiger partial charge is 0.408 e. The van der Waals surface area contributed by atoms with E-state index in [9.17, 15) is 19.5 Å². The fraction of sp³-hybridized carbons (Fsp3) is 0.609. The summed E-state index contributed by atoms with van der Waals surface area (Å²) in [5.74, 6) is -0.882. The van der Waals surface area contributed by atoms with E-state index in [1.807, 2.05) is 20.8 Å². The molecule has 0 fully saturated rings. The van der Waals surface area contributed by atoms with Crippen LogP contribution in [-0.4, -0.2) is 52.1 Å². The van der Waals surface area contributed by atoms with Crippen LogP contribution >= 0.6 is 0 Å². The van der Waals surface area contributed by atoms with Crippen LogP contribution in [0.25, 0.3) is 0 Å². The summed E-state index contributed by atoms with van der Waals surface area (Å²) in [6, 6.07) is 2.97. The number of nitrogens with zero attached hydrogens (tertiary/aromatic N) is 1. The molecule has 0 aliphatic rings. The quantitative estimate of drug-likeness (QED) is 0.580. The van der Waals surface area contributed by atoms with E-state index in [0.29, 0.717) is 17.5 Å². The monoisotopic (exact) mass is 435 g/mol. The highest BCUT2D eigenvalue weighted by molar-refractivity contribution is 5.92. The molecule has 3 N–H and O–H groups in total. The van der Waals surface area contributed by atoms with Crippen LogP contribution in [0.5, 0.6) is 5.75 Å². The van der Waals surface area contributed by atoms with Gasteiger partial charge in [-0.05, 0) is 60.5 Å². The molecule has 0 aliphatic carbocycles. The molecular formula is C23H37N3O5. The van der Waals surface area contributed by atoms with Crippen molar-refractivity contribution in [2.45, 2.75) is 85.5 Å². The standard InChI is InChI=1S/C23H37N3O5/c1-9-13-26(21(29)16(5)25-22(30)31-23(6,7)8)18(20(28)24-14(2)3)17-12-10-11-15(4)19(17)27/h10-12,14,16,18,27H,9,13H2,1-8H3,(H,24,28)(H,25,30). The van der Waals surface area contributed by atoms with Crippen LogP contribution in [-0.2, 0) is 14.3 Å². The number of carbonyl (C=O) groups excluding carboxylic acids is 3. The average Bonchev–Trinajstić information content (AvgIpc) is 2.61. The summed E-state index contributed by atoms with van der Waals surface area (Å²) in [7, 11) is 0. The molecule has 31 heavy (non-hydrogen) atoms. The summed E-state index contributed by atoms with van der Waals surface area (Å²) in [6.45, 7) is 14.3. The Balaban J connectivity index is 3.32. The first-order valence-electron chi connectivity index (χ1n) is 10.7. The van der Waals surface area contributed by atoms with Crippen molar-refractivity contribution in [3.8, 4) is 5.75 Å². The van der Waals surface area contributed by atoms with Gasteiger partial charge in [-0.25, -0.2) is 4.79 Å². The number of rotatable bonds is 8. The number of phenolic OH excluding ortho intramolecular Hbond substituents is 1. The van der Waals surface area contributed by atoms with Gasteiger partial charge in [0.1, 0.15) is 23.4 Å². The van der Waals surface area contributed by atoms with Crippen molar-refractivity contribution in [1.82, 2.24) is 15.5 Å². The number of para-hydroxylation sites is 1. The normalized spacial score (nSPS) is 13.3. The summed E-state index contributed by atoms with van der Waals surface area (Å²) < 4.78 is 5.24. The Labute approximate surface area is 185 Å². The van der Waals surface area contributed by atoms with Crippen molar-refractivity contribution in [2.75, 3.05) is 6.54 Å². The molecule has 8 heteroatoms. The number of amides is 3. The molecule has 0 aliphatic heterocycles. The van der Waals surface area contributed by atoms with Crippen LogP contribution in [0.15, 0.2) is 18.2 Å². The number of benzene rings is 1. The van der Waals surface area contributed by atoms with Crippen molar-refractivity contribution in [3.63, 3.8) is 0 Å². The third kappa shape index (κ3) is 7.77. The van der Waals surface area contributed by atoms with E-state index >= 15 is 0 Å².